The molecule has 0 spiro atoms. The zero-order valence-electron chi connectivity index (χ0n) is 12.4. The van der Waals surface area contributed by atoms with E-state index >= 15 is 0 Å². The van der Waals surface area contributed by atoms with Gasteiger partial charge in [-0.25, -0.2) is 4.98 Å². The molecule has 0 aliphatic carbocycles. The third-order valence-corrected chi connectivity index (χ3v) is 5.38. The van der Waals surface area contributed by atoms with Crippen molar-refractivity contribution in [2.45, 2.75) is 4.34 Å². The molecule has 3 aromatic rings. The van der Waals surface area contributed by atoms with Gasteiger partial charge in [0.05, 0.1) is 21.0 Å². The fourth-order valence-electron chi connectivity index (χ4n) is 1.94. The molecule has 8 heteroatoms. The van der Waals surface area contributed by atoms with E-state index in [0.29, 0.717) is 15.8 Å². The summed E-state index contributed by atoms with van der Waals surface area (Å²) in [5.74, 6) is 0.818. The van der Waals surface area contributed by atoms with E-state index in [1.165, 1.54) is 17.5 Å². The van der Waals surface area contributed by atoms with Gasteiger partial charge < -0.3 is 10.1 Å². The first-order valence-corrected chi connectivity index (χ1v) is 9.04. The summed E-state index contributed by atoms with van der Waals surface area (Å²) < 4.78 is 18.8. The van der Waals surface area contributed by atoms with Crippen molar-refractivity contribution in [3.05, 3.63) is 42.2 Å². The van der Waals surface area contributed by atoms with Crippen molar-refractivity contribution in [1.82, 2.24) is 15.3 Å². The van der Waals surface area contributed by atoms with Crippen LogP contribution in [-0.2, 0) is 10.8 Å². The summed E-state index contributed by atoms with van der Waals surface area (Å²) in [7, 11) is 0.443. The number of fused-ring (bicyclic) bond motifs is 1. The lowest BCUT2D eigenvalue weighted by atomic mass is 10.3. The smallest absolute Gasteiger partial charge is 0.269 e. The zero-order chi connectivity index (χ0) is 16.4. The lowest BCUT2D eigenvalue weighted by Gasteiger charge is -2.06. The number of hydrogen-bond acceptors (Lipinski definition) is 6. The standard InChI is InChI=1S/C15H13N3O3S2/c1-16-14(19)12-8-10(5-6-17-12)21-9-3-4-13-11(7-9)18-15(22-13)23(2)20/h3-8H,1-2H3,(H,16,19). The van der Waals surface area contributed by atoms with Gasteiger partial charge in [-0.15, -0.1) is 11.3 Å². The number of pyridine rings is 1. The number of ether oxygens (including phenoxy) is 1. The summed E-state index contributed by atoms with van der Waals surface area (Å²) in [5.41, 5.74) is 1.02. The molecule has 2 heterocycles. The second kappa shape index (κ2) is 6.43. The molecule has 0 fully saturated rings. The van der Waals surface area contributed by atoms with Crippen molar-refractivity contribution in [3.8, 4) is 11.5 Å². The quantitative estimate of drug-likeness (QED) is 0.784. The van der Waals surface area contributed by atoms with E-state index in [4.69, 9.17) is 4.74 Å². The molecule has 0 aliphatic heterocycles. The van der Waals surface area contributed by atoms with Crippen LogP contribution in [0.4, 0.5) is 0 Å². The largest absolute Gasteiger partial charge is 0.457 e. The van der Waals surface area contributed by atoms with Crippen LogP contribution >= 0.6 is 11.3 Å². The van der Waals surface area contributed by atoms with Gasteiger partial charge in [0.1, 0.15) is 17.2 Å². The van der Waals surface area contributed by atoms with Crippen molar-refractivity contribution < 1.29 is 13.7 Å². The second-order valence-electron chi connectivity index (χ2n) is 4.62. The maximum Gasteiger partial charge on any atom is 0.269 e. The molecule has 2 aromatic heterocycles. The van der Waals surface area contributed by atoms with Gasteiger partial charge in [-0.1, -0.05) is 0 Å². The predicted molar refractivity (Wildman–Crippen MR) is 89.7 cm³/mol. The molecule has 0 radical (unpaired) electrons. The minimum Gasteiger partial charge on any atom is -0.457 e. The van der Waals surface area contributed by atoms with Gasteiger partial charge in [-0.05, 0) is 18.2 Å². The van der Waals surface area contributed by atoms with Crippen molar-refractivity contribution in [2.24, 2.45) is 0 Å². The van der Waals surface area contributed by atoms with Crippen LogP contribution in [-0.4, -0.2) is 33.4 Å². The van der Waals surface area contributed by atoms with Crippen LogP contribution in [0.1, 0.15) is 10.5 Å². The Morgan fingerprint density at radius 3 is 2.78 bits per heavy atom. The maximum atomic E-state index is 11.6. The van der Waals surface area contributed by atoms with Gasteiger partial charge in [-0.2, -0.15) is 0 Å². The van der Waals surface area contributed by atoms with Crippen molar-refractivity contribution in [1.29, 1.82) is 0 Å². The normalized spacial score (nSPS) is 12.1. The number of thiazole rings is 1. The predicted octanol–water partition coefficient (Wildman–Crippen LogP) is 2.58. The molecule has 118 valence electrons. The molecule has 0 aliphatic rings. The van der Waals surface area contributed by atoms with E-state index in [2.05, 4.69) is 15.3 Å². The molecular weight excluding hydrogens is 334 g/mol. The van der Waals surface area contributed by atoms with Crippen molar-refractivity contribution in [2.75, 3.05) is 13.3 Å². The van der Waals surface area contributed by atoms with Crippen LogP contribution in [0, 0.1) is 0 Å². The minimum atomic E-state index is -1.10. The maximum absolute atomic E-state index is 11.6. The zero-order valence-corrected chi connectivity index (χ0v) is 14.0. The Morgan fingerprint density at radius 2 is 2.04 bits per heavy atom. The Bertz CT molecular complexity index is 908. The highest BCUT2D eigenvalue weighted by molar-refractivity contribution is 7.86. The van der Waals surface area contributed by atoms with E-state index in [-0.39, 0.29) is 11.6 Å². The number of carbonyl (C=O) groups is 1. The van der Waals surface area contributed by atoms with Crippen LogP contribution in [0.2, 0.25) is 0 Å². The summed E-state index contributed by atoms with van der Waals surface area (Å²) in [6.07, 6.45) is 3.12. The van der Waals surface area contributed by atoms with E-state index in [9.17, 15) is 9.00 Å². The molecule has 6 nitrogen and oxygen atoms in total. The van der Waals surface area contributed by atoms with E-state index in [1.807, 2.05) is 12.1 Å². The van der Waals surface area contributed by atoms with Crippen LogP contribution < -0.4 is 10.1 Å². The summed E-state index contributed by atoms with van der Waals surface area (Å²) in [5, 5.41) is 2.52. The Balaban J connectivity index is 1.89. The van der Waals surface area contributed by atoms with E-state index < -0.39 is 10.8 Å². The molecule has 1 aromatic carbocycles. The Labute approximate surface area is 139 Å². The number of amides is 1. The highest BCUT2D eigenvalue weighted by Gasteiger charge is 2.10. The second-order valence-corrected chi connectivity index (χ2v) is 7.21. The monoisotopic (exact) mass is 347 g/mol. The number of aromatic nitrogens is 2. The molecule has 0 bridgehead atoms. The van der Waals surface area contributed by atoms with Gasteiger partial charge >= 0.3 is 0 Å². The van der Waals surface area contributed by atoms with Crippen molar-refractivity contribution in [3.63, 3.8) is 0 Å². The van der Waals surface area contributed by atoms with Gasteiger partial charge in [-0.3, -0.25) is 14.0 Å². The summed E-state index contributed by atoms with van der Waals surface area (Å²) in [4.78, 5) is 19.9. The molecule has 0 saturated carbocycles. The van der Waals surface area contributed by atoms with Crippen molar-refractivity contribution >= 4 is 38.3 Å². The lowest BCUT2D eigenvalue weighted by Crippen LogP contribution is -2.18. The number of carbonyl (C=O) groups excluding carboxylic acids is 1. The van der Waals surface area contributed by atoms with E-state index in [0.717, 1.165) is 10.2 Å². The highest BCUT2D eigenvalue weighted by atomic mass is 32.2. The molecule has 0 saturated heterocycles. The van der Waals surface area contributed by atoms with Gasteiger partial charge in [0.2, 0.25) is 0 Å². The highest BCUT2D eigenvalue weighted by Crippen LogP contribution is 2.29. The van der Waals surface area contributed by atoms with Crippen LogP contribution in [0.15, 0.2) is 40.9 Å². The number of nitrogens with one attached hydrogen (secondary N) is 1. The number of rotatable bonds is 4. The number of hydrogen-bond donors (Lipinski definition) is 1. The van der Waals surface area contributed by atoms with Gasteiger partial charge in [0.15, 0.2) is 4.34 Å². The molecule has 23 heavy (non-hydrogen) atoms. The topological polar surface area (TPSA) is 81.2 Å². The van der Waals surface area contributed by atoms with E-state index in [1.54, 1.807) is 31.5 Å². The Hall–Kier alpha value is -2.32. The first kappa shape index (κ1) is 15.6. The Kier molecular flexibility index (Phi) is 4.35. The van der Waals surface area contributed by atoms with Gasteiger partial charge in [0.25, 0.3) is 5.91 Å². The van der Waals surface area contributed by atoms with Crippen LogP contribution in [0.3, 0.4) is 0 Å². The lowest BCUT2D eigenvalue weighted by molar-refractivity contribution is 0.0958. The summed E-state index contributed by atoms with van der Waals surface area (Å²) >= 11 is 1.40. The average Bonchev–Trinajstić information content (AvgIpc) is 2.98. The Morgan fingerprint density at radius 1 is 1.26 bits per heavy atom. The number of nitrogens with zero attached hydrogens (tertiary/aromatic N) is 2. The first-order valence-electron chi connectivity index (χ1n) is 6.67. The van der Waals surface area contributed by atoms with Gasteiger partial charge in [0, 0.05) is 31.6 Å². The summed E-state index contributed by atoms with van der Waals surface area (Å²) in [6, 6.07) is 8.70. The summed E-state index contributed by atoms with van der Waals surface area (Å²) in [6.45, 7) is 0. The number of benzene rings is 1. The molecule has 3 rings (SSSR count). The van der Waals surface area contributed by atoms with Crippen LogP contribution in [0.5, 0.6) is 11.5 Å². The van der Waals surface area contributed by atoms with Crippen LogP contribution in [0.25, 0.3) is 10.2 Å². The fourth-order valence-corrected chi connectivity index (χ4v) is 3.58. The third-order valence-electron chi connectivity index (χ3n) is 3.01. The SMILES string of the molecule is CNC(=O)c1cc(Oc2ccc3sc(S(C)=O)nc3c2)ccn1. The molecule has 1 N–H and O–H groups in total. The molecule has 1 unspecified atom stereocenters. The molecule has 1 amide bonds. The molecule has 1 atom stereocenters. The third kappa shape index (κ3) is 3.38. The fraction of sp³-hybridized carbons (Fsp3) is 0.133. The minimum absolute atomic E-state index is 0.277. The molecular formula is C15H13N3O3S2. The first-order chi connectivity index (χ1) is 11.1. The average molecular weight is 347 g/mol.